The van der Waals surface area contributed by atoms with Crippen LogP contribution in [-0.4, -0.2) is 43.6 Å². The summed E-state index contributed by atoms with van der Waals surface area (Å²) in [6, 6.07) is 1.20. The summed E-state index contributed by atoms with van der Waals surface area (Å²) in [7, 11) is -4.30. The van der Waals surface area contributed by atoms with E-state index in [9.17, 15) is 30.8 Å². The van der Waals surface area contributed by atoms with Crippen molar-refractivity contribution in [3.63, 3.8) is 0 Å². The lowest BCUT2D eigenvalue weighted by Crippen LogP contribution is -2.36. The molecule has 1 N–H and O–H groups in total. The second-order valence-electron chi connectivity index (χ2n) is 3.95. The van der Waals surface area contributed by atoms with Gasteiger partial charge in [0.2, 0.25) is 10.0 Å². The Morgan fingerprint density at radius 2 is 1.90 bits per heavy atom. The monoisotopic (exact) mass is 349 g/mol. The third-order valence-corrected chi connectivity index (χ3v) is 4.35. The first-order valence-electron chi connectivity index (χ1n) is 5.11. The van der Waals surface area contributed by atoms with Crippen LogP contribution in [0, 0.1) is 5.82 Å². The van der Waals surface area contributed by atoms with E-state index in [1.807, 2.05) is 0 Å². The Morgan fingerprint density at radius 3 is 2.33 bits per heavy atom. The first-order chi connectivity index (χ1) is 9.36. The van der Waals surface area contributed by atoms with Crippen molar-refractivity contribution < 1.29 is 35.9 Å². The zero-order valence-electron chi connectivity index (χ0n) is 10.3. The van der Waals surface area contributed by atoms with E-state index in [0.717, 1.165) is 0 Å². The molecule has 0 radical (unpaired) electrons. The minimum absolute atomic E-state index is 0.145. The van der Waals surface area contributed by atoms with E-state index in [1.54, 1.807) is 0 Å². The van der Waals surface area contributed by atoms with Crippen molar-refractivity contribution in [2.75, 3.05) is 13.6 Å². The van der Waals surface area contributed by atoms with Gasteiger partial charge in [0.25, 0.3) is 0 Å². The van der Waals surface area contributed by atoms with Gasteiger partial charge in [0, 0.05) is 12.1 Å². The fourth-order valence-electron chi connectivity index (χ4n) is 1.41. The van der Waals surface area contributed by atoms with Crippen LogP contribution in [0.4, 0.5) is 17.6 Å². The zero-order chi connectivity index (χ0) is 16.6. The van der Waals surface area contributed by atoms with Crippen LogP contribution < -0.4 is 0 Å². The van der Waals surface area contributed by atoms with Crippen LogP contribution in [0.15, 0.2) is 17.0 Å². The van der Waals surface area contributed by atoms with Crippen molar-refractivity contribution in [2.24, 2.45) is 0 Å². The molecular weight excluding hydrogens is 342 g/mol. The zero-order valence-corrected chi connectivity index (χ0v) is 11.9. The second kappa shape index (κ2) is 5.78. The van der Waals surface area contributed by atoms with Crippen LogP contribution in [0.1, 0.15) is 10.4 Å². The number of halogens is 5. The number of alkyl halides is 3. The summed E-state index contributed by atoms with van der Waals surface area (Å²) >= 11 is 5.47. The average Bonchev–Trinajstić information content (AvgIpc) is 2.28. The van der Waals surface area contributed by atoms with E-state index in [0.29, 0.717) is 19.2 Å². The summed E-state index contributed by atoms with van der Waals surface area (Å²) < 4.78 is 74.2. The fourth-order valence-corrected chi connectivity index (χ4v) is 2.96. The van der Waals surface area contributed by atoms with Crippen LogP contribution >= 0.6 is 11.6 Å². The molecule has 21 heavy (non-hydrogen) atoms. The van der Waals surface area contributed by atoms with Crippen molar-refractivity contribution >= 4 is 27.6 Å². The van der Waals surface area contributed by atoms with Crippen molar-refractivity contribution in [3.8, 4) is 0 Å². The molecule has 0 heterocycles. The van der Waals surface area contributed by atoms with Gasteiger partial charge in [0.1, 0.15) is 11.4 Å². The summed E-state index contributed by atoms with van der Waals surface area (Å²) in [5.74, 6) is -3.48. The van der Waals surface area contributed by atoms with Crippen molar-refractivity contribution in [3.05, 3.63) is 28.5 Å². The predicted molar refractivity (Wildman–Crippen MR) is 64.2 cm³/mol. The van der Waals surface area contributed by atoms with Gasteiger partial charge in [0.05, 0.1) is 5.56 Å². The molecule has 0 saturated carbocycles. The number of carbonyl (C=O) groups is 1. The molecule has 0 aliphatic heterocycles. The van der Waals surface area contributed by atoms with E-state index in [-0.39, 0.29) is 4.31 Å². The summed E-state index contributed by atoms with van der Waals surface area (Å²) in [6.07, 6.45) is -4.84. The number of carboxylic acid groups (broad SMARTS) is 1. The Bertz CT molecular complexity index is 674. The Labute approximate surface area is 121 Å². The fraction of sp³-hybridized carbons (Fsp3) is 0.300. The molecule has 0 fully saturated rings. The van der Waals surface area contributed by atoms with E-state index in [4.69, 9.17) is 16.7 Å². The van der Waals surface area contributed by atoms with Gasteiger partial charge in [-0.05, 0) is 12.1 Å². The molecule has 0 amide bonds. The van der Waals surface area contributed by atoms with Gasteiger partial charge in [-0.15, -0.1) is 0 Å². The third-order valence-electron chi connectivity index (χ3n) is 2.32. The number of rotatable bonds is 4. The van der Waals surface area contributed by atoms with Crippen LogP contribution in [-0.2, 0) is 10.0 Å². The SMILES string of the molecule is CN(CC(F)(F)F)S(=O)(=O)c1cc(Cl)cc(C(=O)O)c1F. The molecule has 0 saturated heterocycles. The summed E-state index contributed by atoms with van der Waals surface area (Å²) in [6.45, 7) is -1.86. The minimum atomic E-state index is -4.89. The topological polar surface area (TPSA) is 74.7 Å². The van der Waals surface area contributed by atoms with Gasteiger partial charge in [-0.25, -0.2) is 17.6 Å². The first-order valence-corrected chi connectivity index (χ1v) is 6.93. The van der Waals surface area contributed by atoms with Crippen LogP contribution in [0.3, 0.4) is 0 Å². The molecule has 0 bridgehead atoms. The molecule has 118 valence electrons. The molecule has 1 aromatic carbocycles. The Balaban J connectivity index is 3.42. The Hall–Kier alpha value is -1.39. The van der Waals surface area contributed by atoms with E-state index >= 15 is 0 Å². The van der Waals surface area contributed by atoms with Gasteiger partial charge in [-0.2, -0.15) is 17.5 Å². The molecule has 1 aromatic rings. The lowest BCUT2D eigenvalue weighted by Gasteiger charge is -2.19. The predicted octanol–water partition coefficient (Wildman–Crippen LogP) is 2.36. The largest absolute Gasteiger partial charge is 0.478 e. The highest BCUT2D eigenvalue weighted by Crippen LogP contribution is 2.27. The molecule has 0 aromatic heterocycles. The van der Waals surface area contributed by atoms with E-state index in [2.05, 4.69) is 0 Å². The van der Waals surface area contributed by atoms with Crippen molar-refractivity contribution in [2.45, 2.75) is 11.1 Å². The summed E-state index contributed by atoms with van der Waals surface area (Å²) in [5, 5.41) is 8.28. The highest BCUT2D eigenvalue weighted by Gasteiger charge is 2.36. The maximum absolute atomic E-state index is 13.9. The number of sulfonamides is 1. The van der Waals surface area contributed by atoms with Gasteiger partial charge in [-0.1, -0.05) is 11.6 Å². The van der Waals surface area contributed by atoms with E-state index < -0.39 is 50.0 Å². The summed E-state index contributed by atoms with van der Waals surface area (Å²) in [4.78, 5) is 9.53. The number of benzene rings is 1. The van der Waals surface area contributed by atoms with Gasteiger partial charge >= 0.3 is 12.1 Å². The van der Waals surface area contributed by atoms with Gasteiger partial charge < -0.3 is 5.11 Å². The lowest BCUT2D eigenvalue weighted by molar-refractivity contribution is -0.134. The standard InChI is InChI=1S/C10H8ClF4NO4S/c1-16(4-10(13,14)15)21(19,20)7-3-5(11)2-6(8(7)12)9(17)18/h2-3H,4H2,1H3,(H,17,18). The smallest absolute Gasteiger partial charge is 0.402 e. The highest BCUT2D eigenvalue weighted by molar-refractivity contribution is 7.89. The normalized spacial score (nSPS) is 12.7. The third kappa shape index (κ3) is 4.05. The second-order valence-corrected chi connectivity index (χ2v) is 6.40. The average molecular weight is 350 g/mol. The molecule has 5 nitrogen and oxygen atoms in total. The quantitative estimate of drug-likeness (QED) is 0.847. The van der Waals surface area contributed by atoms with Crippen molar-refractivity contribution in [1.29, 1.82) is 0 Å². The van der Waals surface area contributed by atoms with Gasteiger partial charge in [0.15, 0.2) is 5.82 Å². The molecule has 0 aliphatic rings. The number of hydrogen-bond acceptors (Lipinski definition) is 3. The lowest BCUT2D eigenvalue weighted by atomic mass is 10.2. The van der Waals surface area contributed by atoms with Crippen LogP contribution in [0.2, 0.25) is 5.02 Å². The maximum Gasteiger partial charge on any atom is 0.402 e. The Morgan fingerprint density at radius 1 is 1.38 bits per heavy atom. The van der Waals surface area contributed by atoms with Crippen LogP contribution in [0.5, 0.6) is 0 Å². The molecule has 0 spiro atoms. The number of nitrogens with zero attached hydrogens (tertiary/aromatic N) is 1. The number of carboxylic acids is 1. The number of aromatic carboxylic acids is 1. The molecule has 0 aliphatic carbocycles. The van der Waals surface area contributed by atoms with E-state index in [1.165, 1.54) is 0 Å². The highest BCUT2D eigenvalue weighted by atomic mass is 35.5. The first kappa shape index (κ1) is 17.7. The van der Waals surface area contributed by atoms with Crippen LogP contribution in [0.25, 0.3) is 0 Å². The van der Waals surface area contributed by atoms with Crippen molar-refractivity contribution in [1.82, 2.24) is 4.31 Å². The van der Waals surface area contributed by atoms with Gasteiger partial charge in [-0.3, -0.25) is 0 Å². The molecule has 11 heteroatoms. The molecule has 1 rings (SSSR count). The molecule has 0 unspecified atom stereocenters. The summed E-state index contributed by atoms with van der Waals surface area (Å²) in [5.41, 5.74) is -1.05. The molecule has 0 atom stereocenters. The Kier molecular flexibility index (Phi) is 4.86. The number of hydrogen-bond donors (Lipinski definition) is 1. The maximum atomic E-state index is 13.9. The minimum Gasteiger partial charge on any atom is -0.478 e. The molecular formula is C10H8ClF4NO4S.